The van der Waals surface area contributed by atoms with Crippen LogP contribution in [0.5, 0.6) is 0 Å². The molecular weight excluding hydrogens is 198 g/mol. The Hall–Kier alpha value is -0.0800. The lowest BCUT2D eigenvalue weighted by Gasteiger charge is -2.43. The third-order valence-corrected chi connectivity index (χ3v) is 5.12. The highest BCUT2D eigenvalue weighted by atomic mass is 16.3. The minimum Gasteiger partial charge on any atom is -0.393 e. The standard InChI is InChI=1S/C14H25NO/c16-14-8-13(9-14)15-12-6-5-10-3-1-2-4-11(10)7-12/h10-16H,1-9H2. The van der Waals surface area contributed by atoms with Gasteiger partial charge < -0.3 is 10.4 Å². The van der Waals surface area contributed by atoms with E-state index in [2.05, 4.69) is 5.32 Å². The molecule has 0 saturated heterocycles. The van der Waals surface area contributed by atoms with Gasteiger partial charge in [0.25, 0.3) is 0 Å². The molecule has 3 atom stereocenters. The first-order valence-corrected chi connectivity index (χ1v) is 7.25. The van der Waals surface area contributed by atoms with Crippen molar-refractivity contribution >= 4 is 0 Å². The Labute approximate surface area is 98.8 Å². The predicted octanol–water partition coefficient (Wildman–Crippen LogP) is 2.46. The van der Waals surface area contributed by atoms with Crippen LogP contribution in [0.4, 0.5) is 0 Å². The topological polar surface area (TPSA) is 32.3 Å². The zero-order chi connectivity index (χ0) is 11.0. The first-order chi connectivity index (χ1) is 7.81. The Morgan fingerprint density at radius 1 is 0.750 bits per heavy atom. The molecule has 92 valence electrons. The van der Waals surface area contributed by atoms with E-state index < -0.39 is 0 Å². The van der Waals surface area contributed by atoms with Crippen LogP contribution in [0.1, 0.15) is 57.8 Å². The molecule has 2 heteroatoms. The summed E-state index contributed by atoms with van der Waals surface area (Å²) in [5.41, 5.74) is 0. The second-order valence-electron chi connectivity index (χ2n) is 6.30. The van der Waals surface area contributed by atoms with Crippen LogP contribution in [0.3, 0.4) is 0 Å². The monoisotopic (exact) mass is 223 g/mol. The summed E-state index contributed by atoms with van der Waals surface area (Å²) < 4.78 is 0. The first kappa shape index (κ1) is 11.0. The molecule has 0 aliphatic heterocycles. The van der Waals surface area contributed by atoms with Gasteiger partial charge in [-0.2, -0.15) is 0 Å². The molecule has 3 aliphatic carbocycles. The van der Waals surface area contributed by atoms with E-state index in [9.17, 15) is 5.11 Å². The van der Waals surface area contributed by atoms with E-state index in [0.29, 0.717) is 6.04 Å². The largest absolute Gasteiger partial charge is 0.393 e. The van der Waals surface area contributed by atoms with Crippen LogP contribution in [0, 0.1) is 11.8 Å². The van der Waals surface area contributed by atoms with Gasteiger partial charge in [0.15, 0.2) is 0 Å². The minimum atomic E-state index is -0.0106. The summed E-state index contributed by atoms with van der Waals surface area (Å²) >= 11 is 0. The number of nitrogens with one attached hydrogen (secondary N) is 1. The maximum absolute atomic E-state index is 9.30. The van der Waals surface area contributed by atoms with Gasteiger partial charge in [0, 0.05) is 12.1 Å². The molecule has 3 saturated carbocycles. The molecule has 2 nitrogen and oxygen atoms in total. The molecule has 3 rings (SSSR count). The van der Waals surface area contributed by atoms with E-state index in [1.54, 1.807) is 0 Å². The van der Waals surface area contributed by atoms with Crippen LogP contribution in [-0.4, -0.2) is 23.3 Å². The molecule has 16 heavy (non-hydrogen) atoms. The zero-order valence-electron chi connectivity index (χ0n) is 10.2. The van der Waals surface area contributed by atoms with Gasteiger partial charge in [0.1, 0.15) is 0 Å². The Balaban J connectivity index is 1.47. The molecule has 3 unspecified atom stereocenters. The van der Waals surface area contributed by atoms with Crippen molar-refractivity contribution in [2.24, 2.45) is 11.8 Å². The lowest BCUT2D eigenvalue weighted by molar-refractivity contribution is 0.0475. The van der Waals surface area contributed by atoms with Gasteiger partial charge in [-0.25, -0.2) is 0 Å². The van der Waals surface area contributed by atoms with Gasteiger partial charge in [0.05, 0.1) is 6.10 Å². The van der Waals surface area contributed by atoms with Crippen LogP contribution in [0.15, 0.2) is 0 Å². The van der Waals surface area contributed by atoms with Crippen molar-refractivity contribution in [2.75, 3.05) is 0 Å². The summed E-state index contributed by atoms with van der Waals surface area (Å²) in [4.78, 5) is 0. The van der Waals surface area contributed by atoms with E-state index in [4.69, 9.17) is 0 Å². The average Bonchev–Trinajstić information content (AvgIpc) is 2.27. The quantitative estimate of drug-likeness (QED) is 0.753. The van der Waals surface area contributed by atoms with E-state index in [1.807, 2.05) is 0 Å². The van der Waals surface area contributed by atoms with Crippen molar-refractivity contribution < 1.29 is 5.11 Å². The summed E-state index contributed by atoms with van der Waals surface area (Å²) in [6.45, 7) is 0. The fourth-order valence-electron chi connectivity index (χ4n) is 4.08. The molecule has 0 aromatic carbocycles. The molecule has 0 spiro atoms. The lowest BCUT2D eigenvalue weighted by atomic mass is 9.69. The van der Waals surface area contributed by atoms with E-state index in [0.717, 1.165) is 30.7 Å². The molecule has 0 heterocycles. The zero-order valence-corrected chi connectivity index (χ0v) is 10.2. The molecule has 0 radical (unpaired) electrons. The van der Waals surface area contributed by atoms with Crippen molar-refractivity contribution in [2.45, 2.75) is 76.0 Å². The van der Waals surface area contributed by atoms with Crippen molar-refractivity contribution in [1.82, 2.24) is 5.32 Å². The Morgan fingerprint density at radius 3 is 2.25 bits per heavy atom. The van der Waals surface area contributed by atoms with Crippen molar-refractivity contribution in [3.8, 4) is 0 Å². The number of hydrogen-bond donors (Lipinski definition) is 2. The summed E-state index contributed by atoms with van der Waals surface area (Å²) in [6, 6.07) is 1.39. The normalized spacial score (nSPS) is 48.2. The highest BCUT2D eigenvalue weighted by Gasteiger charge is 2.35. The number of rotatable bonds is 2. The maximum atomic E-state index is 9.30. The highest BCUT2D eigenvalue weighted by molar-refractivity contribution is 4.91. The molecule has 3 fully saturated rings. The molecule has 0 amide bonds. The van der Waals surface area contributed by atoms with Gasteiger partial charge in [-0.1, -0.05) is 25.7 Å². The second kappa shape index (κ2) is 4.66. The van der Waals surface area contributed by atoms with Crippen LogP contribution in [0.25, 0.3) is 0 Å². The molecule has 0 aromatic heterocycles. The Bertz CT molecular complexity index is 237. The van der Waals surface area contributed by atoms with Crippen LogP contribution in [-0.2, 0) is 0 Å². The summed E-state index contributed by atoms with van der Waals surface area (Å²) in [7, 11) is 0. The number of hydrogen-bond acceptors (Lipinski definition) is 2. The smallest absolute Gasteiger partial charge is 0.0570 e. The third kappa shape index (κ3) is 2.28. The van der Waals surface area contributed by atoms with Crippen molar-refractivity contribution in [3.63, 3.8) is 0 Å². The summed E-state index contributed by atoms with van der Waals surface area (Å²) in [5.74, 6) is 2.07. The lowest BCUT2D eigenvalue weighted by Crippen LogP contribution is -2.50. The van der Waals surface area contributed by atoms with Crippen molar-refractivity contribution in [3.05, 3.63) is 0 Å². The van der Waals surface area contributed by atoms with Crippen LogP contribution in [0.2, 0.25) is 0 Å². The van der Waals surface area contributed by atoms with Gasteiger partial charge in [0.2, 0.25) is 0 Å². The predicted molar refractivity (Wildman–Crippen MR) is 65.3 cm³/mol. The molecule has 0 bridgehead atoms. The third-order valence-electron chi connectivity index (χ3n) is 5.12. The molecule has 3 aliphatic rings. The summed E-state index contributed by atoms with van der Waals surface area (Å²) in [5, 5.41) is 13.1. The SMILES string of the molecule is OC1CC(NC2CCC3CCCCC3C2)C1. The molecule has 2 N–H and O–H groups in total. The fraction of sp³-hybridized carbons (Fsp3) is 1.00. The molecular formula is C14H25NO. The summed E-state index contributed by atoms with van der Waals surface area (Å²) in [6.07, 6.45) is 12.2. The van der Waals surface area contributed by atoms with E-state index in [1.165, 1.54) is 44.9 Å². The van der Waals surface area contributed by atoms with Crippen LogP contribution < -0.4 is 5.32 Å². The second-order valence-corrected chi connectivity index (χ2v) is 6.30. The number of aliphatic hydroxyl groups is 1. The first-order valence-electron chi connectivity index (χ1n) is 7.25. The highest BCUT2D eigenvalue weighted by Crippen LogP contribution is 2.40. The number of fused-ring (bicyclic) bond motifs is 1. The minimum absolute atomic E-state index is 0.0106. The van der Waals surface area contributed by atoms with Crippen molar-refractivity contribution in [1.29, 1.82) is 0 Å². The molecule has 0 aromatic rings. The fourth-order valence-corrected chi connectivity index (χ4v) is 4.08. The Kier molecular flexibility index (Phi) is 3.21. The van der Waals surface area contributed by atoms with Gasteiger partial charge in [-0.3, -0.25) is 0 Å². The van der Waals surface area contributed by atoms with Gasteiger partial charge >= 0.3 is 0 Å². The van der Waals surface area contributed by atoms with E-state index in [-0.39, 0.29) is 6.10 Å². The average molecular weight is 223 g/mol. The van der Waals surface area contributed by atoms with Gasteiger partial charge in [-0.05, 0) is 43.9 Å². The van der Waals surface area contributed by atoms with Gasteiger partial charge in [-0.15, -0.1) is 0 Å². The van der Waals surface area contributed by atoms with E-state index >= 15 is 0 Å². The maximum Gasteiger partial charge on any atom is 0.0570 e. The number of aliphatic hydroxyl groups excluding tert-OH is 1. The van der Waals surface area contributed by atoms with Crippen LogP contribution >= 0.6 is 0 Å². The Morgan fingerprint density at radius 2 is 1.50 bits per heavy atom.